The number of hydrogen-bond acceptors (Lipinski definition) is 2. The summed E-state index contributed by atoms with van der Waals surface area (Å²) in [7, 11) is 0. The van der Waals surface area contributed by atoms with Crippen LogP contribution in [0.2, 0.25) is 0 Å². The van der Waals surface area contributed by atoms with Gasteiger partial charge in [-0.15, -0.1) is 11.8 Å². The maximum atomic E-state index is 4.52. The summed E-state index contributed by atoms with van der Waals surface area (Å²) in [6, 6.07) is 6.06. The Labute approximate surface area is 102 Å². The number of nitrogens with zero attached hydrogens (tertiary/aromatic N) is 2. The predicted molar refractivity (Wildman–Crippen MR) is 69.7 cm³/mol. The van der Waals surface area contributed by atoms with E-state index in [1.165, 1.54) is 5.69 Å². The third-order valence-corrected chi connectivity index (χ3v) is 2.73. The molecule has 3 nitrogen and oxygen atoms in total. The van der Waals surface area contributed by atoms with Gasteiger partial charge in [0, 0.05) is 25.7 Å². The summed E-state index contributed by atoms with van der Waals surface area (Å²) < 4.78 is 2.13. The number of imidazole rings is 1. The quantitative estimate of drug-likeness (QED) is 0.640. The van der Waals surface area contributed by atoms with Crippen molar-refractivity contribution in [1.29, 1.82) is 0 Å². The van der Waals surface area contributed by atoms with Gasteiger partial charge in [0.05, 0.1) is 11.4 Å². The van der Waals surface area contributed by atoms with E-state index < -0.39 is 0 Å². The van der Waals surface area contributed by atoms with Crippen molar-refractivity contribution in [3.05, 3.63) is 35.8 Å². The Bertz CT molecular complexity index is 558. The molecule has 0 bridgehead atoms. The molecule has 0 saturated heterocycles. The molecule has 0 aliphatic heterocycles. The molecule has 1 N–H and O–H groups in total. The van der Waals surface area contributed by atoms with E-state index in [0.717, 1.165) is 30.9 Å². The minimum atomic E-state index is 0.836. The lowest BCUT2D eigenvalue weighted by Gasteiger charge is -2.04. The molecule has 0 saturated carbocycles. The number of rotatable bonds is 4. The summed E-state index contributed by atoms with van der Waals surface area (Å²) in [6.45, 7) is 5.67. The number of hydrogen-bond donors (Lipinski definition) is 1. The smallest absolute Gasteiger partial charge is 0.137 e. The van der Waals surface area contributed by atoms with E-state index in [1.54, 1.807) is 0 Å². The highest BCUT2D eigenvalue weighted by atomic mass is 15.0. The van der Waals surface area contributed by atoms with Crippen LogP contribution in [0, 0.1) is 18.8 Å². The SMILES string of the molecule is CC#CCCNCc1c(C)nc2ccccn12. The van der Waals surface area contributed by atoms with Gasteiger partial charge >= 0.3 is 0 Å². The minimum Gasteiger partial charge on any atom is -0.310 e. The molecule has 2 aromatic heterocycles. The zero-order valence-corrected chi connectivity index (χ0v) is 10.3. The molecule has 2 heterocycles. The van der Waals surface area contributed by atoms with Gasteiger partial charge in [0.2, 0.25) is 0 Å². The average Bonchev–Trinajstić information content (AvgIpc) is 2.65. The molecule has 88 valence electrons. The van der Waals surface area contributed by atoms with Crippen molar-refractivity contribution < 1.29 is 0 Å². The van der Waals surface area contributed by atoms with E-state index >= 15 is 0 Å². The van der Waals surface area contributed by atoms with Gasteiger partial charge in [0.15, 0.2) is 0 Å². The molecule has 0 radical (unpaired) electrons. The van der Waals surface area contributed by atoms with Crippen LogP contribution in [0.5, 0.6) is 0 Å². The second-order valence-corrected chi connectivity index (χ2v) is 3.93. The predicted octanol–water partition coefficient (Wildman–Crippen LogP) is 2.15. The fraction of sp³-hybridized carbons (Fsp3) is 0.357. The fourth-order valence-electron chi connectivity index (χ4n) is 1.86. The first-order valence-corrected chi connectivity index (χ1v) is 5.86. The van der Waals surface area contributed by atoms with Crippen LogP contribution in [0.15, 0.2) is 24.4 Å². The minimum absolute atomic E-state index is 0.836. The monoisotopic (exact) mass is 227 g/mol. The van der Waals surface area contributed by atoms with E-state index in [1.807, 2.05) is 25.1 Å². The number of pyridine rings is 1. The average molecular weight is 227 g/mol. The van der Waals surface area contributed by atoms with Gasteiger partial charge in [0.25, 0.3) is 0 Å². The summed E-state index contributed by atoms with van der Waals surface area (Å²) in [4.78, 5) is 4.52. The summed E-state index contributed by atoms with van der Waals surface area (Å²) in [5, 5.41) is 3.39. The molecule has 0 aliphatic rings. The lowest BCUT2D eigenvalue weighted by atomic mass is 10.3. The van der Waals surface area contributed by atoms with Crippen LogP contribution in [0.1, 0.15) is 24.7 Å². The molecule has 0 spiro atoms. The molecule has 3 heteroatoms. The van der Waals surface area contributed by atoms with Gasteiger partial charge in [-0.1, -0.05) is 6.07 Å². The lowest BCUT2D eigenvalue weighted by molar-refractivity contribution is 0.680. The molecule has 2 rings (SSSR count). The number of fused-ring (bicyclic) bond motifs is 1. The van der Waals surface area contributed by atoms with Crippen molar-refractivity contribution in [3.8, 4) is 11.8 Å². The molecule has 0 amide bonds. The normalized spacial score (nSPS) is 10.2. The van der Waals surface area contributed by atoms with E-state index in [2.05, 4.69) is 39.7 Å². The molecule has 0 atom stereocenters. The first-order chi connectivity index (χ1) is 8.33. The molecular formula is C14H17N3. The van der Waals surface area contributed by atoms with Crippen LogP contribution in [0.4, 0.5) is 0 Å². The van der Waals surface area contributed by atoms with Gasteiger partial charge in [-0.2, -0.15) is 0 Å². The Hall–Kier alpha value is -1.79. The fourth-order valence-corrected chi connectivity index (χ4v) is 1.86. The third-order valence-electron chi connectivity index (χ3n) is 2.73. The van der Waals surface area contributed by atoms with Crippen LogP contribution in [-0.4, -0.2) is 15.9 Å². The van der Waals surface area contributed by atoms with E-state index in [0.29, 0.717) is 0 Å². The van der Waals surface area contributed by atoms with Gasteiger partial charge in [-0.05, 0) is 26.0 Å². The Morgan fingerprint density at radius 2 is 2.29 bits per heavy atom. The molecule has 0 aromatic carbocycles. The molecule has 0 aliphatic carbocycles. The number of nitrogens with one attached hydrogen (secondary N) is 1. The molecular weight excluding hydrogens is 210 g/mol. The standard InChI is InChI=1S/C14H17N3/c1-3-4-6-9-15-11-13-12(2)16-14-8-5-7-10-17(13)14/h5,7-8,10,15H,6,9,11H2,1-2H3. The van der Waals surface area contributed by atoms with Crippen molar-refractivity contribution >= 4 is 5.65 Å². The highest BCUT2D eigenvalue weighted by molar-refractivity contribution is 5.42. The maximum Gasteiger partial charge on any atom is 0.137 e. The zero-order chi connectivity index (χ0) is 12.1. The Morgan fingerprint density at radius 1 is 1.41 bits per heavy atom. The summed E-state index contributed by atoms with van der Waals surface area (Å²) in [6.07, 6.45) is 2.95. The van der Waals surface area contributed by atoms with Crippen molar-refractivity contribution in [2.24, 2.45) is 0 Å². The number of aryl methyl sites for hydroxylation is 1. The highest BCUT2D eigenvalue weighted by Crippen LogP contribution is 2.11. The molecule has 2 aromatic rings. The zero-order valence-electron chi connectivity index (χ0n) is 10.3. The summed E-state index contributed by atoms with van der Waals surface area (Å²) in [5.74, 6) is 5.94. The van der Waals surface area contributed by atoms with Crippen LogP contribution in [-0.2, 0) is 6.54 Å². The van der Waals surface area contributed by atoms with Gasteiger partial charge < -0.3 is 9.72 Å². The first-order valence-electron chi connectivity index (χ1n) is 5.86. The second-order valence-electron chi connectivity index (χ2n) is 3.93. The van der Waals surface area contributed by atoms with Crippen LogP contribution in [0.3, 0.4) is 0 Å². The van der Waals surface area contributed by atoms with E-state index in [-0.39, 0.29) is 0 Å². The topological polar surface area (TPSA) is 29.3 Å². The molecule has 0 unspecified atom stereocenters. The molecule has 0 fully saturated rings. The van der Waals surface area contributed by atoms with Crippen LogP contribution < -0.4 is 5.32 Å². The van der Waals surface area contributed by atoms with Crippen molar-refractivity contribution in [3.63, 3.8) is 0 Å². The summed E-state index contributed by atoms with van der Waals surface area (Å²) in [5.41, 5.74) is 3.32. The van der Waals surface area contributed by atoms with Crippen LogP contribution >= 0.6 is 0 Å². The van der Waals surface area contributed by atoms with Gasteiger partial charge in [-0.25, -0.2) is 4.98 Å². The number of aromatic nitrogens is 2. The summed E-state index contributed by atoms with van der Waals surface area (Å²) >= 11 is 0. The highest BCUT2D eigenvalue weighted by Gasteiger charge is 2.06. The Morgan fingerprint density at radius 3 is 3.12 bits per heavy atom. The first kappa shape index (κ1) is 11.7. The van der Waals surface area contributed by atoms with E-state index in [4.69, 9.17) is 0 Å². The van der Waals surface area contributed by atoms with E-state index in [9.17, 15) is 0 Å². The third kappa shape index (κ3) is 2.66. The van der Waals surface area contributed by atoms with Crippen molar-refractivity contribution in [1.82, 2.24) is 14.7 Å². The molecule has 17 heavy (non-hydrogen) atoms. The van der Waals surface area contributed by atoms with Gasteiger partial charge in [0.1, 0.15) is 5.65 Å². The largest absolute Gasteiger partial charge is 0.310 e. The van der Waals surface area contributed by atoms with Crippen molar-refractivity contribution in [2.75, 3.05) is 6.54 Å². The van der Waals surface area contributed by atoms with Crippen molar-refractivity contribution in [2.45, 2.75) is 26.8 Å². The Balaban J connectivity index is 2.06. The van der Waals surface area contributed by atoms with Gasteiger partial charge in [-0.3, -0.25) is 0 Å². The Kier molecular flexibility index (Phi) is 3.79. The second kappa shape index (κ2) is 5.51. The maximum absolute atomic E-state index is 4.52. The lowest BCUT2D eigenvalue weighted by Crippen LogP contribution is -2.16. The van der Waals surface area contributed by atoms with Crippen LogP contribution in [0.25, 0.3) is 5.65 Å².